The van der Waals surface area contributed by atoms with Crippen LogP contribution in [0.25, 0.3) is 0 Å². The standard InChI is InChI=1S/C9H10Cl2N4O2S/c1-15(2)9-12-7-3-5(10)6(11)4-8(7)13-18(16,17)14-9/h3-4,13H,1-2H3,(H,12,14). The van der Waals surface area contributed by atoms with E-state index in [2.05, 4.69) is 14.4 Å². The number of hydrogen-bond donors (Lipinski definition) is 2. The third-order valence-electron chi connectivity index (χ3n) is 2.18. The van der Waals surface area contributed by atoms with Crippen LogP contribution in [-0.2, 0) is 10.2 Å². The van der Waals surface area contributed by atoms with E-state index in [1.165, 1.54) is 17.0 Å². The van der Waals surface area contributed by atoms with Crippen molar-refractivity contribution in [2.75, 3.05) is 24.1 Å². The summed E-state index contributed by atoms with van der Waals surface area (Å²) in [6.07, 6.45) is 0. The van der Waals surface area contributed by atoms with Gasteiger partial charge in [-0.3, -0.25) is 4.72 Å². The number of nitrogens with one attached hydrogen (secondary N) is 2. The molecule has 0 amide bonds. The number of anilines is 2. The smallest absolute Gasteiger partial charge is 0.345 e. The van der Waals surface area contributed by atoms with Crippen LogP contribution in [-0.4, -0.2) is 33.4 Å². The summed E-state index contributed by atoms with van der Waals surface area (Å²) in [6, 6.07) is 2.96. The molecule has 0 bridgehead atoms. The monoisotopic (exact) mass is 308 g/mol. The van der Waals surface area contributed by atoms with Crippen molar-refractivity contribution in [2.24, 2.45) is 4.40 Å². The van der Waals surface area contributed by atoms with E-state index in [-0.39, 0.29) is 11.0 Å². The first-order valence-electron chi connectivity index (χ1n) is 4.84. The van der Waals surface area contributed by atoms with Crippen LogP contribution in [0.3, 0.4) is 0 Å². The van der Waals surface area contributed by atoms with E-state index < -0.39 is 10.2 Å². The Labute approximate surface area is 115 Å². The molecular weight excluding hydrogens is 299 g/mol. The van der Waals surface area contributed by atoms with Crippen LogP contribution >= 0.6 is 23.2 Å². The Hall–Kier alpha value is -1.18. The molecule has 0 radical (unpaired) electrons. The lowest BCUT2D eigenvalue weighted by Crippen LogP contribution is -2.29. The minimum absolute atomic E-state index is 0.180. The van der Waals surface area contributed by atoms with E-state index in [1.54, 1.807) is 14.1 Å². The van der Waals surface area contributed by atoms with Crippen molar-refractivity contribution in [2.45, 2.75) is 0 Å². The maximum atomic E-state index is 11.7. The average molecular weight is 309 g/mol. The zero-order chi connectivity index (χ0) is 13.5. The average Bonchev–Trinajstić information content (AvgIpc) is 2.34. The summed E-state index contributed by atoms with van der Waals surface area (Å²) in [5.74, 6) is 0.180. The minimum atomic E-state index is -3.82. The van der Waals surface area contributed by atoms with Crippen molar-refractivity contribution in [3.05, 3.63) is 22.2 Å². The quantitative estimate of drug-likeness (QED) is 0.768. The Kier molecular flexibility index (Phi) is 3.31. The largest absolute Gasteiger partial charge is 0.348 e. The van der Waals surface area contributed by atoms with Gasteiger partial charge < -0.3 is 10.2 Å². The van der Waals surface area contributed by atoms with E-state index in [1.807, 2.05) is 0 Å². The van der Waals surface area contributed by atoms with Crippen LogP contribution in [0.15, 0.2) is 16.5 Å². The number of halogens is 2. The van der Waals surface area contributed by atoms with Crippen molar-refractivity contribution in [1.82, 2.24) is 4.90 Å². The van der Waals surface area contributed by atoms with Crippen molar-refractivity contribution in [3.63, 3.8) is 0 Å². The molecule has 9 heteroatoms. The van der Waals surface area contributed by atoms with Gasteiger partial charge in [0.05, 0.1) is 21.4 Å². The Bertz CT molecular complexity index is 628. The van der Waals surface area contributed by atoms with E-state index in [9.17, 15) is 8.42 Å². The highest BCUT2D eigenvalue weighted by atomic mass is 35.5. The van der Waals surface area contributed by atoms with E-state index >= 15 is 0 Å². The molecule has 1 heterocycles. The Morgan fingerprint density at radius 2 is 1.72 bits per heavy atom. The third-order valence-corrected chi connectivity index (χ3v) is 3.79. The molecule has 98 valence electrons. The molecule has 1 aromatic carbocycles. The molecule has 0 saturated carbocycles. The Balaban J connectivity index is 2.59. The number of rotatable bonds is 0. The molecule has 0 aliphatic carbocycles. The number of nitrogens with zero attached hydrogens (tertiary/aromatic N) is 2. The van der Waals surface area contributed by atoms with Gasteiger partial charge in [-0.15, -0.1) is 4.40 Å². The summed E-state index contributed by atoms with van der Waals surface area (Å²) in [5, 5.41) is 3.45. The van der Waals surface area contributed by atoms with Crippen molar-refractivity contribution in [1.29, 1.82) is 0 Å². The SMILES string of the molecule is CN(C)C1=NS(=O)(=O)Nc2cc(Cl)c(Cl)cc2N1. The Morgan fingerprint density at radius 3 is 2.28 bits per heavy atom. The summed E-state index contributed by atoms with van der Waals surface area (Å²) in [6.45, 7) is 0. The maximum Gasteiger partial charge on any atom is 0.345 e. The lowest BCUT2D eigenvalue weighted by atomic mass is 10.2. The second-order valence-corrected chi connectivity index (χ2v) is 5.97. The molecule has 2 N–H and O–H groups in total. The molecular formula is C9H10Cl2N4O2S. The Morgan fingerprint density at radius 1 is 1.17 bits per heavy atom. The fraction of sp³-hybridized carbons (Fsp3) is 0.222. The molecule has 1 aromatic rings. The molecule has 2 rings (SSSR count). The molecule has 18 heavy (non-hydrogen) atoms. The molecule has 6 nitrogen and oxygen atoms in total. The summed E-state index contributed by atoms with van der Waals surface area (Å²) in [5.41, 5.74) is 0.780. The van der Waals surface area contributed by atoms with Crippen LogP contribution in [0.5, 0.6) is 0 Å². The van der Waals surface area contributed by atoms with Gasteiger partial charge in [-0.2, -0.15) is 8.42 Å². The highest BCUT2D eigenvalue weighted by Gasteiger charge is 2.21. The topological polar surface area (TPSA) is 73.8 Å². The van der Waals surface area contributed by atoms with Gasteiger partial charge in [0.15, 0.2) is 0 Å². The van der Waals surface area contributed by atoms with Crippen molar-refractivity contribution in [3.8, 4) is 0 Å². The lowest BCUT2D eigenvalue weighted by molar-refractivity contribution is 0.596. The second kappa shape index (κ2) is 4.49. The van der Waals surface area contributed by atoms with E-state index in [4.69, 9.17) is 23.2 Å². The first-order valence-corrected chi connectivity index (χ1v) is 7.04. The number of hydrogen-bond acceptors (Lipinski definition) is 4. The highest BCUT2D eigenvalue weighted by molar-refractivity contribution is 7.91. The normalized spacial score (nSPS) is 16.8. The molecule has 1 aliphatic heterocycles. The van der Waals surface area contributed by atoms with Gasteiger partial charge in [0.25, 0.3) is 0 Å². The van der Waals surface area contributed by atoms with Gasteiger partial charge in [0.2, 0.25) is 5.96 Å². The predicted octanol–water partition coefficient (Wildman–Crippen LogP) is 1.99. The highest BCUT2D eigenvalue weighted by Crippen LogP contribution is 2.34. The van der Waals surface area contributed by atoms with Crippen LogP contribution in [0.4, 0.5) is 11.4 Å². The lowest BCUT2D eigenvalue weighted by Gasteiger charge is -2.15. The summed E-state index contributed by atoms with van der Waals surface area (Å²) in [7, 11) is -0.483. The molecule has 0 fully saturated rings. The first-order chi connectivity index (χ1) is 8.28. The molecule has 0 saturated heterocycles. The summed E-state index contributed by atoms with van der Waals surface area (Å²) < 4.78 is 29.3. The maximum absolute atomic E-state index is 11.7. The predicted molar refractivity (Wildman–Crippen MR) is 73.7 cm³/mol. The van der Waals surface area contributed by atoms with Gasteiger partial charge >= 0.3 is 10.2 Å². The molecule has 0 spiro atoms. The fourth-order valence-electron chi connectivity index (χ4n) is 1.35. The number of fused-ring (bicyclic) bond motifs is 1. The van der Waals surface area contributed by atoms with E-state index in [0.717, 1.165) is 0 Å². The first kappa shape index (κ1) is 13.3. The van der Waals surface area contributed by atoms with Crippen molar-refractivity contribution < 1.29 is 8.42 Å². The van der Waals surface area contributed by atoms with Crippen molar-refractivity contribution >= 4 is 50.7 Å². The molecule has 0 atom stereocenters. The van der Waals surface area contributed by atoms with Crippen LogP contribution in [0, 0.1) is 0 Å². The second-order valence-electron chi connectivity index (χ2n) is 3.82. The van der Waals surface area contributed by atoms with Crippen LogP contribution < -0.4 is 10.0 Å². The zero-order valence-electron chi connectivity index (χ0n) is 9.53. The molecule has 0 aromatic heterocycles. The van der Waals surface area contributed by atoms with Crippen LogP contribution in [0.2, 0.25) is 10.0 Å². The summed E-state index contributed by atoms with van der Waals surface area (Å²) in [4.78, 5) is 1.54. The fourth-order valence-corrected chi connectivity index (χ4v) is 2.60. The minimum Gasteiger partial charge on any atom is -0.348 e. The van der Waals surface area contributed by atoms with Crippen LogP contribution in [0.1, 0.15) is 0 Å². The van der Waals surface area contributed by atoms with Gasteiger partial charge in [0, 0.05) is 14.1 Å². The van der Waals surface area contributed by atoms with Gasteiger partial charge in [-0.1, -0.05) is 23.2 Å². The number of benzene rings is 1. The van der Waals surface area contributed by atoms with Gasteiger partial charge in [-0.05, 0) is 12.1 Å². The molecule has 1 aliphatic rings. The zero-order valence-corrected chi connectivity index (χ0v) is 11.9. The number of guanidine groups is 1. The third kappa shape index (κ3) is 2.63. The summed E-state index contributed by atoms with van der Waals surface area (Å²) >= 11 is 11.7. The van der Waals surface area contributed by atoms with Gasteiger partial charge in [0.1, 0.15) is 0 Å². The molecule has 0 unspecified atom stereocenters. The van der Waals surface area contributed by atoms with Gasteiger partial charge in [-0.25, -0.2) is 0 Å². The van der Waals surface area contributed by atoms with E-state index in [0.29, 0.717) is 16.4 Å².